The number of rotatable bonds is 3. The van der Waals surface area contributed by atoms with Crippen molar-refractivity contribution in [2.75, 3.05) is 5.73 Å². The lowest BCUT2D eigenvalue weighted by atomic mass is 9.78. The third-order valence-corrected chi connectivity index (χ3v) is 4.72. The van der Waals surface area contributed by atoms with Crippen molar-refractivity contribution < 1.29 is 9.53 Å². The zero-order chi connectivity index (χ0) is 15.9. The highest BCUT2D eigenvalue weighted by Gasteiger charge is 2.47. The first-order chi connectivity index (χ1) is 10.5. The molecular formula is C18H18ClNO2. The van der Waals surface area contributed by atoms with Gasteiger partial charge in [0.05, 0.1) is 10.9 Å². The van der Waals surface area contributed by atoms with Gasteiger partial charge in [0.15, 0.2) is 5.78 Å². The first kappa shape index (κ1) is 14.9. The molecule has 0 amide bonds. The van der Waals surface area contributed by atoms with E-state index in [-0.39, 0.29) is 11.7 Å². The van der Waals surface area contributed by atoms with Crippen LogP contribution < -0.4 is 10.5 Å². The molecule has 0 saturated heterocycles. The second-order valence-electron chi connectivity index (χ2n) is 5.84. The van der Waals surface area contributed by atoms with Crippen molar-refractivity contribution in [1.82, 2.24) is 0 Å². The van der Waals surface area contributed by atoms with Gasteiger partial charge >= 0.3 is 0 Å². The number of carbonyl (C=O) groups is 1. The normalized spacial score (nSPS) is 23.0. The number of hydrogen-bond donors (Lipinski definition) is 1. The summed E-state index contributed by atoms with van der Waals surface area (Å²) in [7, 11) is 0. The lowest BCUT2D eigenvalue weighted by molar-refractivity contribution is 0.0640. The highest BCUT2D eigenvalue weighted by atomic mass is 35.5. The van der Waals surface area contributed by atoms with E-state index >= 15 is 0 Å². The lowest BCUT2D eigenvalue weighted by Gasteiger charge is -2.29. The summed E-state index contributed by atoms with van der Waals surface area (Å²) >= 11 is 6.22. The zero-order valence-corrected chi connectivity index (χ0v) is 13.4. The van der Waals surface area contributed by atoms with Crippen LogP contribution in [0.4, 0.5) is 5.69 Å². The molecule has 2 N–H and O–H groups in total. The van der Waals surface area contributed by atoms with Gasteiger partial charge in [-0.1, -0.05) is 36.7 Å². The second-order valence-corrected chi connectivity index (χ2v) is 6.25. The Bertz CT molecular complexity index is 744. The van der Waals surface area contributed by atoms with Crippen LogP contribution in [-0.4, -0.2) is 11.4 Å². The average molecular weight is 316 g/mol. The molecule has 22 heavy (non-hydrogen) atoms. The molecule has 0 radical (unpaired) electrons. The molecule has 114 valence electrons. The van der Waals surface area contributed by atoms with Crippen LogP contribution >= 0.6 is 11.6 Å². The van der Waals surface area contributed by atoms with E-state index in [1.165, 1.54) is 0 Å². The van der Waals surface area contributed by atoms with Crippen LogP contribution in [0.15, 0.2) is 42.5 Å². The molecule has 1 aliphatic rings. The van der Waals surface area contributed by atoms with E-state index in [9.17, 15) is 4.79 Å². The summed E-state index contributed by atoms with van der Waals surface area (Å²) in [5.41, 5.74) is 7.10. The number of nitrogens with two attached hydrogens (primary N) is 1. The van der Waals surface area contributed by atoms with Crippen LogP contribution in [0.2, 0.25) is 5.02 Å². The van der Waals surface area contributed by atoms with Gasteiger partial charge in [-0.2, -0.15) is 0 Å². The molecule has 2 aromatic carbocycles. The molecule has 0 aliphatic carbocycles. The second kappa shape index (κ2) is 5.33. The van der Waals surface area contributed by atoms with Crippen LogP contribution in [0.5, 0.6) is 5.75 Å². The standard InChI is InChI=1S/C18H18ClNO2/c1-3-18(2)16(13-6-4-5-7-15(13)22-18)17(21)12-9-8-11(20)10-14(12)19/h4-10,16H,3,20H2,1-2H3. The molecule has 0 fully saturated rings. The number of halogens is 1. The highest BCUT2D eigenvalue weighted by Crippen LogP contribution is 2.48. The quantitative estimate of drug-likeness (QED) is 0.672. The maximum Gasteiger partial charge on any atom is 0.175 e. The van der Waals surface area contributed by atoms with Crippen LogP contribution in [0.1, 0.15) is 42.1 Å². The van der Waals surface area contributed by atoms with E-state index in [0.717, 1.165) is 17.7 Å². The number of fused-ring (bicyclic) bond motifs is 1. The summed E-state index contributed by atoms with van der Waals surface area (Å²) < 4.78 is 6.07. The summed E-state index contributed by atoms with van der Waals surface area (Å²) in [4.78, 5) is 13.1. The molecule has 4 heteroatoms. The Hall–Kier alpha value is -2.00. The van der Waals surface area contributed by atoms with Crippen molar-refractivity contribution in [3.8, 4) is 5.75 Å². The highest BCUT2D eigenvalue weighted by molar-refractivity contribution is 6.34. The third-order valence-electron chi connectivity index (χ3n) is 4.41. The minimum atomic E-state index is -0.564. The first-order valence-corrected chi connectivity index (χ1v) is 7.71. The average Bonchev–Trinajstić information content (AvgIpc) is 2.79. The lowest BCUT2D eigenvalue weighted by Crippen LogP contribution is -2.38. The van der Waals surface area contributed by atoms with E-state index in [0.29, 0.717) is 16.3 Å². The molecule has 2 aromatic rings. The van der Waals surface area contributed by atoms with Crippen molar-refractivity contribution in [1.29, 1.82) is 0 Å². The van der Waals surface area contributed by atoms with E-state index in [2.05, 4.69) is 0 Å². The smallest absolute Gasteiger partial charge is 0.175 e. The number of nitrogen functional groups attached to an aromatic ring is 1. The van der Waals surface area contributed by atoms with Crippen LogP contribution in [0.3, 0.4) is 0 Å². The number of hydrogen-bond acceptors (Lipinski definition) is 3. The summed E-state index contributed by atoms with van der Waals surface area (Å²) in [6.45, 7) is 4.00. The predicted molar refractivity (Wildman–Crippen MR) is 88.7 cm³/mol. The number of para-hydroxylation sites is 1. The maximum absolute atomic E-state index is 13.1. The monoisotopic (exact) mass is 315 g/mol. The van der Waals surface area contributed by atoms with Crippen LogP contribution in [-0.2, 0) is 0 Å². The third kappa shape index (κ3) is 2.26. The minimum Gasteiger partial charge on any atom is -0.486 e. The molecule has 0 saturated carbocycles. The van der Waals surface area contributed by atoms with E-state index in [4.69, 9.17) is 22.1 Å². The molecule has 3 rings (SSSR count). The molecular weight excluding hydrogens is 298 g/mol. The number of ether oxygens (including phenoxy) is 1. The molecule has 0 aromatic heterocycles. The van der Waals surface area contributed by atoms with Crippen molar-refractivity contribution in [3.05, 3.63) is 58.6 Å². The molecule has 0 spiro atoms. The van der Waals surface area contributed by atoms with Gasteiger partial charge < -0.3 is 10.5 Å². The molecule has 3 nitrogen and oxygen atoms in total. The number of ketones is 1. The molecule has 1 aliphatic heterocycles. The maximum atomic E-state index is 13.1. The van der Waals surface area contributed by atoms with Gasteiger partial charge in [-0.15, -0.1) is 0 Å². The Morgan fingerprint density at radius 2 is 2.05 bits per heavy atom. The Balaban J connectivity index is 2.10. The number of carbonyl (C=O) groups excluding carboxylic acids is 1. The number of benzene rings is 2. The first-order valence-electron chi connectivity index (χ1n) is 7.33. The molecule has 1 heterocycles. The van der Waals surface area contributed by atoms with Gasteiger partial charge in [0.1, 0.15) is 11.4 Å². The van der Waals surface area contributed by atoms with E-state index in [1.807, 2.05) is 38.1 Å². The Kier molecular flexibility index (Phi) is 3.61. The predicted octanol–water partition coefficient (Wildman–Crippen LogP) is 4.45. The summed E-state index contributed by atoms with van der Waals surface area (Å²) in [5, 5.41) is 0.382. The summed E-state index contributed by atoms with van der Waals surface area (Å²) in [6, 6.07) is 12.7. The molecule has 2 unspecified atom stereocenters. The molecule has 2 atom stereocenters. The topological polar surface area (TPSA) is 52.3 Å². The zero-order valence-electron chi connectivity index (χ0n) is 12.6. The fraction of sp³-hybridized carbons (Fsp3) is 0.278. The van der Waals surface area contributed by atoms with Gasteiger partial charge in [-0.05, 0) is 37.6 Å². The summed E-state index contributed by atoms with van der Waals surface area (Å²) in [6.07, 6.45) is 0.727. The van der Waals surface area contributed by atoms with Crippen molar-refractivity contribution in [2.24, 2.45) is 0 Å². The van der Waals surface area contributed by atoms with Crippen molar-refractivity contribution in [3.63, 3.8) is 0 Å². The minimum absolute atomic E-state index is 0.0284. The SMILES string of the molecule is CCC1(C)Oc2ccccc2C1C(=O)c1ccc(N)cc1Cl. The van der Waals surface area contributed by atoms with Gasteiger partial charge in [-0.3, -0.25) is 4.79 Å². The Morgan fingerprint density at radius 1 is 1.32 bits per heavy atom. The number of anilines is 1. The van der Waals surface area contributed by atoms with Gasteiger partial charge in [0.25, 0.3) is 0 Å². The van der Waals surface area contributed by atoms with Gasteiger partial charge in [0, 0.05) is 16.8 Å². The Labute approximate surface area is 135 Å². The largest absolute Gasteiger partial charge is 0.486 e. The molecule has 0 bridgehead atoms. The van der Waals surface area contributed by atoms with Crippen LogP contribution in [0.25, 0.3) is 0 Å². The van der Waals surface area contributed by atoms with Crippen molar-refractivity contribution >= 4 is 23.1 Å². The van der Waals surface area contributed by atoms with Gasteiger partial charge in [0.2, 0.25) is 0 Å². The fourth-order valence-corrected chi connectivity index (χ4v) is 3.31. The van der Waals surface area contributed by atoms with E-state index < -0.39 is 5.60 Å². The van der Waals surface area contributed by atoms with Crippen molar-refractivity contribution in [2.45, 2.75) is 31.8 Å². The number of Topliss-reactive ketones (excluding diaryl/α,β-unsaturated/α-hetero) is 1. The fourth-order valence-electron chi connectivity index (χ4n) is 3.03. The summed E-state index contributed by atoms with van der Waals surface area (Å²) in [5.74, 6) is 0.380. The van der Waals surface area contributed by atoms with E-state index in [1.54, 1.807) is 18.2 Å². The Morgan fingerprint density at radius 3 is 2.73 bits per heavy atom. The van der Waals surface area contributed by atoms with Crippen LogP contribution in [0, 0.1) is 0 Å². The van der Waals surface area contributed by atoms with Gasteiger partial charge in [-0.25, -0.2) is 0 Å².